The normalized spacial score (nSPS) is 10.1. The Hall–Kier alpha value is -1.55. The fourth-order valence-corrected chi connectivity index (χ4v) is 1.51. The van der Waals surface area contributed by atoms with Gasteiger partial charge in [0.25, 0.3) is 0 Å². The van der Waals surface area contributed by atoms with Gasteiger partial charge in [0.05, 0.1) is 13.2 Å². The van der Waals surface area contributed by atoms with E-state index in [4.69, 9.17) is 9.47 Å². The average molecular weight is 251 g/mol. The first-order valence-corrected chi connectivity index (χ1v) is 6.17. The fourth-order valence-electron chi connectivity index (χ4n) is 1.51. The molecule has 1 aromatic rings. The lowest BCUT2D eigenvalue weighted by atomic mass is 10.2. The highest BCUT2D eigenvalue weighted by atomic mass is 16.5. The second-order valence-corrected chi connectivity index (χ2v) is 4.11. The minimum absolute atomic E-state index is 0.0416. The molecule has 0 saturated heterocycles. The molecule has 4 heteroatoms. The highest BCUT2D eigenvalue weighted by molar-refractivity contribution is 5.75. The van der Waals surface area contributed by atoms with Crippen molar-refractivity contribution in [2.75, 3.05) is 26.9 Å². The summed E-state index contributed by atoms with van der Waals surface area (Å²) in [5, 5.41) is 2.77. The third-order valence-electron chi connectivity index (χ3n) is 2.43. The summed E-state index contributed by atoms with van der Waals surface area (Å²) in [6.07, 6.45) is 1.20. The van der Waals surface area contributed by atoms with Crippen LogP contribution in [-0.2, 0) is 9.53 Å². The zero-order chi connectivity index (χ0) is 13.2. The van der Waals surface area contributed by atoms with Crippen LogP contribution in [0.4, 0.5) is 0 Å². The number of ether oxygens (including phenoxy) is 2. The molecule has 0 spiro atoms. The summed E-state index contributed by atoms with van der Waals surface area (Å²) in [6.45, 7) is 3.69. The molecule has 4 nitrogen and oxygen atoms in total. The number of carbonyl (C=O) groups is 1. The number of methoxy groups -OCH3 is 1. The van der Waals surface area contributed by atoms with E-state index in [2.05, 4.69) is 5.32 Å². The molecule has 1 aromatic carbocycles. The van der Waals surface area contributed by atoms with Crippen molar-refractivity contribution in [2.45, 2.75) is 19.8 Å². The lowest BCUT2D eigenvalue weighted by Crippen LogP contribution is -2.26. The largest absolute Gasteiger partial charge is 0.494 e. The first-order valence-electron chi connectivity index (χ1n) is 6.17. The molecule has 0 fully saturated rings. The van der Waals surface area contributed by atoms with Gasteiger partial charge in [0.15, 0.2) is 0 Å². The van der Waals surface area contributed by atoms with Crippen molar-refractivity contribution >= 4 is 5.91 Å². The van der Waals surface area contributed by atoms with Crippen molar-refractivity contribution in [2.24, 2.45) is 0 Å². The number of rotatable bonds is 8. The van der Waals surface area contributed by atoms with Crippen molar-refractivity contribution in [1.82, 2.24) is 5.32 Å². The number of hydrogen-bond donors (Lipinski definition) is 1. The highest BCUT2D eigenvalue weighted by Gasteiger charge is 2.00. The van der Waals surface area contributed by atoms with Crippen LogP contribution in [0.1, 0.15) is 18.4 Å². The van der Waals surface area contributed by atoms with Crippen molar-refractivity contribution < 1.29 is 14.3 Å². The molecule has 0 heterocycles. The van der Waals surface area contributed by atoms with Crippen LogP contribution in [-0.4, -0.2) is 32.8 Å². The maximum absolute atomic E-state index is 11.4. The van der Waals surface area contributed by atoms with Gasteiger partial charge < -0.3 is 14.8 Å². The van der Waals surface area contributed by atoms with E-state index in [0.717, 1.165) is 5.75 Å². The van der Waals surface area contributed by atoms with Crippen LogP contribution in [0, 0.1) is 6.92 Å². The zero-order valence-corrected chi connectivity index (χ0v) is 11.1. The first-order chi connectivity index (χ1) is 8.72. The molecule has 18 heavy (non-hydrogen) atoms. The quantitative estimate of drug-likeness (QED) is 0.718. The average Bonchev–Trinajstić information content (AvgIpc) is 2.35. The molecule has 0 radical (unpaired) electrons. The van der Waals surface area contributed by atoms with Gasteiger partial charge in [-0.15, -0.1) is 0 Å². The van der Waals surface area contributed by atoms with E-state index in [1.165, 1.54) is 5.56 Å². The Kier molecular flexibility index (Phi) is 6.87. The Balaban J connectivity index is 2.09. The predicted molar refractivity (Wildman–Crippen MR) is 70.8 cm³/mol. The third kappa shape index (κ3) is 6.25. The van der Waals surface area contributed by atoms with E-state index >= 15 is 0 Å². The standard InChI is InChI=1S/C14H21NO3/c1-12-5-3-6-13(11-12)18-9-4-7-14(16)15-8-10-17-2/h3,5-6,11H,4,7-10H2,1-2H3,(H,15,16). The van der Waals surface area contributed by atoms with Gasteiger partial charge in [-0.3, -0.25) is 4.79 Å². The summed E-state index contributed by atoms with van der Waals surface area (Å²) in [5.41, 5.74) is 1.17. The summed E-state index contributed by atoms with van der Waals surface area (Å²) in [7, 11) is 1.61. The molecule has 0 aliphatic rings. The summed E-state index contributed by atoms with van der Waals surface area (Å²) in [6, 6.07) is 7.89. The van der Waals surface area contributed by atoms with E-state index in [-0.39, 0.29) is 5.91 Å². The van der Waals surface area contributed by atoms with Crippen molar-refractivity contribution in [3.8, 4) is 5.75 Å². The summed E-state index contributed by atoms with van der Waals surface area (Å²) in [4.78, 5) is 11.4. The maximum atomic E-state index is 11.4. The van der Waals surface area contributed by atoms with Crippen LogP contribution in [0.5, 0.6) is 5.75 Å². The van der Waals surface area contributed by atoms with Gasteiger partial charge in [-0.2, -0.15) is 0 Å². The molecule has 0 aromatic heterocycles. The van der Waals surface area contributed by atoms with Gasteiger partial charge in [0.2, 0.25) is 5.91 Å². The SMILES string of the molecule is COCCNC(=O)CCCOc1cccc(C)c1. The van der Waals surface area contributed by atoms with Crippen LogP contribution in [0.15, 0.2) is 24.3 Å². The van der Waals surface area contributed by atoms with Gasteiger partial charge in [-0.05, 0) is 31.0 Å². The number of hydrogen-bond acceptors (Lipinski definition) is 3. The minimum atomic E-state index is 0.0416. The predicted octanol–water partition coefficient (Wildman–Crippen LogP) is 1.92. The lowest BCUT2D eigenvalue weighted by molar-refractivity contribution is -0.121. The van der Waals surface area contributed by atoms with Crippen LogP contribution < -0.4 is 10.1 Å². The second-order valence-electron chi connectivity index (χ2n) is 4.11. The number of carbonyl (C=O) groups excluding carboxylic acids is 1. The van der Waals surface area contributed by atoms with E-state index in [0.29, 0.717) is 32.6 Å². The van der Waals surface area contributed by atoms with Gasteiger partial charge in [-0.1, -0.05) is 12.1 Å². The molecule has 100 valence electrons. The molecule has 0 atom stereocenters. The Morgan fingerprint density at radius 1 is 1.33 bits per heavy atom. The maximum Gasteiger partial charge on any atom is 0.220 e. The Morgan fingerprint density at radius 2 is 2.17 bits per heavy atom. The summed E-state index contributed by atoms with van der Waals surface area (Å²) >= 11 is 0. The molecule has 0 aliphatic heterocycles. The first kappa shape index (κ1) is 14.5. The van der Waals surface area contributed by atoms with Gasteiger partial charge in [-0.25, -0.2) is 0 Å². The lowest BCUT2D eigenvalue weighted by Gasteiger charge is -2.07. The van der Waals surface area contributed by atoms with E-state index in [9.17, 15) is 4.79 Å². The van der Waals surface area contributed by atoms with E-state index in [1.54, 1.807) is 7.11 Å². The minimum Gasteiger partial charge on any atom is -0.494 e. The summed E-state index contributed by atoms with van der Waals surface area (Å²) in [5.74, 6) is 0.898. The number of nitrogens with one attached hydrogen (secondary N) is 1. The molecular formula is C14H21NO3. The topological polar surface area (TPSA) is 47.6 Å². The number of aryl methyl sites for hydroxylation is 1. The smallest absolute Gasteiger partial charge is 0.220 e. The van der Waals surface area contributed by atoms with Gasteiger partial charge in [0, 0.05) is 20.1 Å². The molecule has 0 unspecified atom stereocenters. The molecule has 0 saturated carbocycles. The van der Waals surface area contributed by atoms with Crippen molar-refractivity contribution in [1.29, 1.82) is 0 Å². The Morgan fingerprint density at radius 3 is 2.89 bits per heavy atom. The molecule has 0 bridgehead atoms. The van der Waals surface area contributed by atoms with E-state index < -0.39 is 0 Å². The second kappa shape index (κ2) is 8.53. The number of benzene rings is 1. The van der Waals surface area contributed by atoms with Crippen LogP contribution >= 0.6 is 0 Å². The highest BCUT2D eigenvalue weighted by Crippen LogP contribution is 2.12. The molecule has 1 rings (SSSR count). The third-order valence-corrected chi connectivity index (χ3v) is 2.43. The van der Waals surface area contributed by atoms with Crippen LogP contribution in [0.2, 0.25) is 0 Å². The monoisotopic (exact) mass is 251 g/mol. The van der Waals surface area contributed by atoms with Crippen LogP contribution in [0.3, 0.4) is 0 Å². The Labute approximate surface area is 108 Å². The van der Waals surface area contributed by atoms with Crippen molar-refractivity contribution in [3.05, 3.63) is 29.8 Å². The number of amides is 1. The van der Waals surface area contributed by atoms with Gasteiger partial charge in [0.1, 0.15) is 5.75 Å². The summed E-state index contributed by atoms with van der Waals surface area (Å²) < 4.78 is 10.4. The molecule has 1 N–H and O–H groups in total. The molecule has 1 amide bonds. The fraction of sp³-hybridized carbons (Fsp3) is 0.500. The molecule has 0 aliphatic carbocycles. The Bertz CT molecular complexity index is 366. The van der Waals surface area contributed by atoms with E-state index in [1.807, 2.05) is 31.2 Å². The van der Waals surface area contributed by atoms with Crippen molar-refractivity contribution in [3.63, 3.8) is 0 Å². The van der Waals surface area contributed by atoms with Gasteiger partial charge >= 0.3 is 0 Å². The zero-order valence-electron chi connectivity index (χ0n) is 11.1. The molecular weight excluding hydrogens is 230 g/mol. The van der Waals surface area contributed by atoms with Crippen LogP contribution in [0.25, 0.3) is 0 Å².